The minimum atomic E-state index is -1.10. The van der Waals surface area contributed by atoms with Gasteiger partial charge < -0.3 is 35.1 Å². The maximum absolute atomic E-state index is 14.0. The number of urea groups is 1. The third-order valence-electron chi connectivity index (χ3n) is 10.4. The van der Waals surface area contributed by atoms with E-state index in [4.69, 9.17) is 17.8 Å². The average Bonchev–Trinajstić information content (AvgIpc) is 3.74. The number of piperidine rings is 1. The second kappa shape index (κ2) is 15.4. The van der Waals surface area contributed by atoms with Gasteiger partial charge in [0.15, 0.2) is 6.10 Å². The van der Waals surface area contributed by atoms with Gasteiger partial charge in [0.25, 0.3) is 11.8 Å². The highest BCUT2D eigenvalue weighted by atomic mass is 79.9. The van der Waals surface area contributed by atoms with E-state index in [0.717, 1.165) is 43.6 Å². The number of halogens is 1. The van der Waals surface area contributed by atoms with Gasteiger partial charge in [-0.2, -0.15) is 0 Å². The molecular formula is C34H43BBrN6O7+. The van der Waals surface area contributed by atoms with Crippen molar-refractivity contribution in [2.24, 2.45) is 11.8 Å². The van der Waals surface area contributed by atoms with E-state index in [1.54, 1.807) is 21.9 Å². The van der Waals surface area contributed by atoms with Gasteiger partial charge in [-0.1, -0.05) is 29.7 Å². The molecule has 3 fully saturated rings. The predicted octanol–water partition coefficient (Wildman–Crippen LogP) is 1.48. The summed E-state index contributed by atoms with van der Waals surface area (Å²) in [5, 5.41) is 20.3. The fourth-order valence-corrected chi connectivity index (χ4v) is 8.22. The summed E-state index contributed by atoms with van der Waals surface area (Å²) < 4.78 is 6.37. The Hall–Kier alpha value is -3.82. The zero-order valence-corrected chi connectivity index (χ0v) is 29.0. The van der Waals surface area contributed by atoms with Crippen LogP contribution in [0.25, 0.3) is 0 Å². The summed E-state index contributed by atoms with van der Waals surface area (Å²) in [6.07, 6.45) is 2.07. The van der Waals surface area contributed by atoms with Crippen molar-refractivity contribution in [2.45, 2.75) is 50.7 Å². The van der Waals surface area contributed by atoms with Crippen LogP contribution in [0.15, 0.2) is 40.9 Å². The standard InChI is InChI=1S/C34H42BBrN6O7/c35-26-15-21(16-27(36)31(26)44)17-29(32(45)41-11-6-24(19-41)23-5-10-39(18-23)20-30(43)38-48)49-34(47)40-12-8-25(9-13-40)42-14-7-22-3-1-2-4-28(22)37-33(42)46/h1-4,15-16,23-25,29,44,48H,5-14,17-20H2,(H,37,46)(H,38,43)/p+1/t23?,24?,29-/m1/s1. The Morgan fingerprint density at radius 3 is 2.49 bits per heavy atom. The lowest BCUT2D eigenvalue weighted by Crippen LogP contribution is -2.51. The number of fused-ring (bicyclic) bond motifs is 1. The van der Waals surface area contributed by atoms with Crippen molar-refractivity contribution in [1.82, 2.24) is 25.1 Å². The lowest BCUT2D eigenvalue weighted by atomic mass is 9.91. The van der Waals surface area contributed by atoms with E-state index < -0.39 is 12.2 Å². The van der Waals surface area contributed by atoms with E-state index in [0.29, 0.717) is 61.5 Å². The highest BCUT2D eigenvalue weighted by molar-refractivity contribution is 9.10. The van der Waals surface area contributed by atoms with Crippen LogP contribution in [0, 0.1) is 11.8 Å². The molecular weight excluding hydrogens is 695 g/mol. The molecule has 3 atom stereocenters. The molecule has 5 amide bonds. The largest absolute Gasteiger partial charge is 0.507 e. The van der Waals surface area contributed by atoms with Gasteiger partial charge in [-0.05, 0) is 89.7 Å². The number of phenols is 1. The van der Waals surface area contributed by atoms with Crippen LogP contribution in [-0.2, 0) is 27.2 Å². The normalized spacial score (nSPS) is 22.3. The van der Waals surface area contributed by atoms with E-state index in [9.17, 15) is 24.3 Å². The number of benzene rings is 2. The van der Waals surface area contributed by atoms with Crippen LogP contribution >= 0.6 is 15.9 Å². The predicted molar refractivity (Wildman–Crippen MR) is 187 cm³/mol. The molecule has 49 heavy (non-hydrogen) atoms. The first kappa shape index (κ1) is 35.0. The lowest BCUT2D eigenvalue weighted by molar-refractivity contribution is -0.140. The number of ether oxygens (including phenoxy) is 1. The molecule has 2 unspecified atom stereocenters. The Bertz CT molecular complexity index is 1550. The Labute approximate surface area is 295 Å². The summed E-state index contributed by atoms with van der Waals surface area (Å²) in [7, 11) is 6.01. The van der Waals surface area contributed by atoms with Crippen LogP contribution < -0.4 is 16.3 Å². The molecule has 15 heteroatoms. The minimum absolute atomic E-state index is 0.0255. The van der Waals surface area contributed by atoms with Gasteiger partial charge in [0, 0.05) is 57.4 Å². The Balaban J connectivity index is 1.08. The number of rotatable bonds is 8. The van der Waals surface area contributed by atoms with Crippen molar-refractivity contribution in [3.8, 4) is 5.75 Å². The van der Waals surface area contributed by atoms with Crippen LogP contribution in [-0.4, -0.2) is 126 Å². The Morgan fingerprint density at radius 2 is 1.73 bits per heavy atom. The maximum atomic E-state index is 14.0. The quantitative estimate of drug-likeness (QED) is 0.211. The fraction of sp³-hybridized carbons (Fsp3) is 0.529. The van der Waals surface area contributed by atoms with Crippen LogP contribution in [0.5, 0.6) is 5.75 Å². The first-order valence-corrected chi connectivity index (χ1v) is 17.7. The molecule has 13 nitrogen and oxygen atoms in total. The second-order valence-electron chi connectivity index (χ2n) is 13.5. The molecule has 4 aliphatic heterocycles. The number of carbonyl (C=O) groups excluding carboxylic acids is 4. The summed E-state index contributed by atoms with van der Waals surface area (Å²) in [6, 6.07) is 10.9. The molecule has 3 saturated heterocycles. The van der Waals surface area contributed by atoms with Crippen molar-refractivity contribution >= 4 is 58.9 Å². The summed E-state index contributed by atoms with van der Waals surface area (Å²) >= 11 is 3.32. The Morgan fingerprint density at radius 1 is 1.02 bits per heavy atom. The van der Waals surface area contributed by atoms with Gasteiger partial charge in [0.05, 0.1) is 11.0 Å². The summed E-state index contributed by atoms with van der Waals surface area (Å²) in [6.45, 7) is 4.14. The number of phenolic OH excluding ortho intramolecular Hbond substituents is 1. The van der Waals surface area contributed by atoms with Crippen LogP contribution in [0.2, 0.25) is 0 Å². The molecule has 0 bridgehead atoms. The molecule has 2 radical (unpaired) electrons. The average molecular weight is 738 g/mol. The molecule has 260 valence electrons. The van der Waals surface area contributed by atoms with Gasteiger partial charge in [-0.3, -0.25) is 14.5 Å². The number of nitrogens with zero attached hydrogens (tertiary/aromatic N) is 4. The first-order chi connectivity index (χ1) is 23.6. The number of hydrogen-bond donors (Lipinski definition) is 3. The minimum Gasteiger partial charge on any atom is -0.507 e. The number of aromatic hydroxyl groups is 1. The van der Waals surface area contributed by atoms with E-state index >= 15 is 0 Å². The molecule has 4 aliphatic rings. The molecule has 6 rings (SSSR count). The van der Waals surface area contributed by atoms with Crippen molar-refractivity contribution in [2.75, 3.05) is 57.7 Å². The van der Waals surface area contributed by atoms with E-state index in [1.165, 1.54) is 0 Å². The molecule has 0 aromatic heterocycles. The fourth-order valence-electron chi connectivity index (χ4n) is 7.69. The van der Waals surface area contributed by atoms with Gasteiger partial charge in [-0.15, -0.1) is 5.48 Å². The monoisotopic (exact) mass is 737 g/mol. The van der Waals surface area contributed by atoms with Crippen molar-refractivity contribution in [3.63, 3.8) is 0 Å². The van der Waals surface area contributed by atoms with Crippen molar-refractivity contribution in [3.05, 3.63) is 52.0 Å². The molecule has 0 spiro atoms. The van der Waals surface area contributed by atoms with Crippen molar-refractivity contribution in [1.29, 1.82) is 0 Å². The number of para-hydroxylation sites is 1. The number of likely N-dealkylation sites (tertiary alicyclic amines) is 3. The van der Waals surface area contributed by atoms with Crippen molar-refractivity contribution < 1.29 is 34.2 Å². The molecule has 2 aromatic rings. The van der Waals surface area contributed by atoms with Gasteiger partial charge in [0.1, 0.15) is 13.6 Å². The molecule has 5 N–H and O–H groups in total. The maximum Gasteiger partial charge on any atom is 0.410 e. The zero-order valence-electron chi connectivity index (χ0n) is 27.4. The van der Waals surface area contributed by atoms with E-state index in [-0.39, 0.29) is 54.0 Å². The second-order valence-corrected chi connectivity index (χ2v) is 14.4. The molecule has 4 heterocycles. The molecule has 0 aliphatic carbocycles. The molecule has 2 aromatic carbocycles. The topological polar surface area (TPSA) is 158 Å². The van der Waals surface area contributed by atoms with E-state index in [2.05, 4.69) is 21.2 Å². The lowest BCUT2D eigenvalue weighted by Gasteiger charge is -2.38. The highest BCUT2D eigenvalue weighted by Gasteiger charge is 2.40. The van der Waals surface area contributed by atoms with E-state index in [1.807, 2.05) is 39.5 Å². The number of nitrogens with one attached hydrogen (secondary N) is 2. The van der Waals surface area contributed by atoms with Crippen LogP contribution in [0.4, 0.5) is 15.3 Å². The SMILES string of the molecule is [B]c1cc(C[C@@H](OC(=O)N2CCC(N3CCc4ccccc4NC3=O)CC2)C(=O)N2CCC(C3CCN(CC(=O)N[OH2+])C3)C2)cc(Br)c1O. The summed E-state index contributed by atoms with van der Waals surface area (Å²) in [5.41, 5.74) is 4.65. The third kappa shape index (κ3) is 8.16. The van der Waals surface area contributed by atoms with Crippen LogP contribution in [0.3, 0.4) is 0 Å². The number of amides is 5. The number of anilines is 1. The number of carbonyl (C=O) groups is 4. The highest BCUT2D eigenvalue weighted by Crippen LogP contribution is 2.32. The zero-order chi connectivity index (χ0) is 34.7. The van der Waals surface area contributed by atoms with Gasteiger partial charge in [-0.25, -0.2) is 9.59 Å². The number of hydrogen-bond acceptors (Lipinski definition) is 7. The smallest absolute Gasteiger partial charge is 0.410 e. The van der Waals surface area contributed by atoms with Gasteiger partial charge in [0.2, 0.25) is 0 Å². The third-order valence-corrected chi connectivity index (χ3v) is 11.0. The Kier molecular flexibility index (Phi) is 11.0. The summed E-state index contributed by atoms with van der Waals surface area (Å²) in [4.78, 5) is 59.7. The van der Waals surface area contributed by atoms with Crippen LogP contribution in [0.1, 0.15) is 36.8 Å². The number of hydroxylamine groups is 1. The van der Waals surface area contributed by atoms with Gasteiger partial charge >= 0.3 is 12.1 Å². The first-order valence-electron chi connectivity index (χ1n) is 16.9. The summed E-state index contributed by atoms with van der Waals surface area (Å²) in [5.74, 6) is -0.130. The molecule has 0 saturated carbocycles.